The Labute approximate surface area is 431 Å². The first-order valence-corrected chi connectivity index (χ1v) is 27.4. The minimum Gasteiger partial charge on any atom is -0.300 e. The van der Waals surface area contributed by atoms with Crippen LogP contribution >= 0.6 is 45.3 Å². The Morgan fingerprint density at radius 3 is 1.31 bits per heavy atom. The molecule has 1 unspecified atom stereocenters. The van der Waals surface area contributed by atoms with Crippen LogP contribution in [0, 0.1) is 0 Å². The second kappa shape index (κ2) is 26.4. The summed E-state index contributed by atoms with van der Waals surface area (Å²) in [7, 11) is -1.17. The molecule has 21 nitrogen and oxygen atoms in total. The van der Waals surface area contributed by atoms with E-state index in [1.165, 1.54) is 45.3 Å². The summed E-state index contributed by atoms with van der Waals surface area (Å²) in [4.78, 5) is 68.0. The van der Waals surface area contributed by atoms with Crippen LogP contribution in [0.5, 0.6) is 0 Å². The largest absolute Gasteiger partial charge is 0.300 e. The first kappa shape index (κ1) is 51.2. The van der Waals surface area contributed by atoms with E-state index >= 15 is 0 Å². The lowest BCUT2D eigenvalue weighted by molar-refractivity contribution is -0.116. The molecular formula is C46H46N16O5S5. The third-order valence-corrected chi connectivity index (χ3v) is 15.1. The van der Waals surface area contributed by atoms with Crippen LogP contribution in [0.1, 0.15) is 68.5 Å². The average Bonchev–Trinajstić information content (AvgIpc) is 4.22. The van der Waals surface area contributed by atoms with Gasteiger partial charge in [-0.05, 0) is 61.4 Å². The normalized spacial score (nSPS) is 11.5. The molecule has 72 heavy (non-hydrogen) atoms. The van der Waals surface area contributed by atoms with E-state index < -0.39 is 10.8 Å². The van der Waals surface area contributed by atoms with Gasteiger partial charge in [0, 0.05) is 83.5 Å². The molecule has 0 bridgehead atoms. The highest BCUT2D eigenvalue weighted by molar-refractivity contribution is 7.84. The number of hydrogen-bond acceptors (Lipinski definition) is 21. The van der Waals surface area contributed by atoms with E-state index in [0.717, 1.165) is 54.1 Å². The Hall–Kier alpha value is -7.13. The van der Waals surface area contributed by atoms with Crippen LogP contribution in [0.3, 0.4) is 0 Å². The van der Waals surface area contributed by atoms with Gasteiger partial charge in [-0.2, -0.15) is 0 Å². The number of carbonyl (C=O) groups is 4. The van der Waals surface area contributed by atoms with Gasteiger partial charge in [0.25, 0.3) is 0 Å². The van der Waals surface area contributed by atoms with E-state index in [9.17, 15) is 23.4 Å². The van der Waals surface area contributed by atoms with Crippen LogP contribution in [0.4, 0.5) is 20.5 Å². The molecule has 4 N–H and O–H groups in total. The predicted molar refractivity (Wildman–Crippen MR) is 276 cm³/mol. The molecular weight excluding hydrogens is 1020 g/mol. The van der Waals surface area contributed by atoms with Crippen molar-refractivity contribution in [3.63, 3.8) is 0 Å². The summed E-state index contributed by atoms with van der Waals surface area (Å²) in [5, 5.41) is 48.9. The molecule has 1 atom stereocenters. The van der Waals surface area contributed by atoms with Crippen LogP contribution in [0.25, 0.3) is 11.3 Å². The summed E-state index contributed by atoms with van der Waals surface area (Å²) < 4.78 is 12.8. The van der Waals surface area contributed by atoms with Gasteiger partial charge in [0.2, 0.25) is 44.2 Å². The summed E-state index contributed by atoms with van der Waals surface area (Å²) in [6, 6.07) is 19.8. The van der Waals surface area contributed by atoms with Crippen molar-refractivity contribution in [3.8, 4) is 11.3 Å². The standard InChI is InChI=1S/C46H46N16O5S5/c63-35(25-30-10-5-7-19-47-30)51-43-59-55-39(68-43)14-3-1-2-4-15-40-56-60-44(69-40)54-38(66)28-33-24-29(16-21-49-33)34-13-9-12-32(50-34)27-37(65)53-46-62-58-42(71-46)18-23-72(67)22-17-41-57-61-45(70-41)52-36(64)26-31-11-6-8-20-48-31/h5-13,16,19-21,24H,1-4,14-15,17-18,22-23,25-28H2,(H,51,59,63)(H,52,61,64)(H,53,62,65)(H,54,60,66). The fraction of sp³-hybridized carbons (Fsp3) is 0.304. The predicted octanol–water partition coefficient (Wildman–Crippen LogP) is 5.94. The van der Waals surface area contributed by atoms with Crippen molar-refractivity contribution >= 4 is 100 Å². The van der Waals surface area contributed by atoms with Gasteiger partial charge in [0.05, 0.1) is 42.8 Å². The molecule has 0 aliphatic heterocycles. The minimum atomic E-state index is -1.17. The van der Waals surface area contributed by atoms with E-state index in [-0.39, 0.29) is 49.3 Å². The Balaban J connectivity index is 0.701. The van der Waals surface area contributed by atoms with Crippen LogP contribution in [0.2, 0.25) is 0 Å². The smallest absolute Gasteiger partial charge is 0.232 e. The molecule has 8 heterocycles. The number of rotatable bonds is 26. The second-order valence-electron chi connectivity index (χ2n) is 15.9. The van der Waals surface area contributed by atoms with Crippen LogP contribution in [-0.2, 0) is 81.3 Å². The van der Waals surface area contributed by atoms with Gasteiger partial charge in [-0.25, -0.2) is 0 Å². The van der Waals surface area contributed by atoms with Crippen LogP contribution in [-0.4, -0.2) is 100 Å². The molecule has 8 aromatic rings. The number of aromatic nitrogens is 12. The van der Waals surface area contributed by atoms with Gasteiger partial charge in [-0.3, -0.25) is 43.3 Å². The van der Waals surface area contributed by atoms with Gasteiger partial charge in [0.1, 0.15) is 20.0 Å². The summed E-state index contributed by atoms with van der Waals surface area (Å²) in [6.45, 7) is 0. The number of pyridine rings is 4. The van der Waals surface area contributed by atoms with Gasteiger partial charge in [0.15, 0.2) is 0 Å². The first-order chi connectivity index (χ1) is 35.1. The molecule has 4 amide bonds. The molecule has 0 fully saturated rings. The van der Waals surface area contributed by atoms with Crippen molar-refractivity contribution in [2.45, 2.75) is 77.0 Å². The van der Waals surface area contributed by atoms with Gasteiger partial charge in [-0.1, -0.05) is 76.4 Å². The lowest BCUT2D eigenvalue weighted by Crippen LogP contribution is -2.15. The molecule has 0 radical (unpaired) electrons. The number of nitrogens with one attached hydrogen (secondary N) is 4. The zero-order chi connectivity index (χ0) is 49.9. The lowest BCUT2D eigenvalue weighted by atomic mass is 10.1. The van der Waals surface area contributed by atoms with Gasteiger partial charge in [-0.15, -0.1) is 40.8 Å². The quantitative estimate of drug-likeness (QED) is 0.0456. The molecule has 0 spiro atoms. The number of hydrogen-bond donors (Lipinski definition) is 4. The summed E-state index contributed by atoms with van der Waals surface area (Å²) in [5.74, 6) is -0.286. The number of nitrogens with zero attached hydrogens (tertiary/aromatic N) is 12. The zero-order valence-electron chi connectivity index (χ0n) is 38.4. The first-order valence-electron chi connectivity index (χ1n) is 22.7. The maximum Gasteiger partial charge on any atom is 0.232 e. The van der Waals surface area contributed by atoms with Crippen LogP contribution in [0.15, 0.2) is 85.3 Å². The molecule has 0 saturated heterocycles. The Kier molecular flexibility index (Phi) is 18.8. The van der Waals surface area contributed by atoms with Gasteiger partial charge >= 0.3 is 0 Å². The molecule has 0 saturated carbocycles. The molecule has 370 valence electrons. The molecule has 8 aromatic heterocycles. The third kappa shape index (κ3) is 16.7. The number of amides is 4. The summed E-state index contributed by atoms with van der Waals surface area (Å²) in [6.07, 6.45) is 11.5. The number of aryl methyl sites for hydroxylation is 4. The highest BCUT2D eigenvalue weighted by atomic mass is 32.2. The highest BCUT2D eigenvalue weighted by Crippen LogP contribution is 2.23. The average molecular weight is 1060 g/mol. The molecule has 0 aliphatic rings. The topological polar surface area (TPSA) is 288 Å². The van der Waals surface area contributed by atoms with Gasteiger partial charge < -0.3 is 21.3 Å². The second-order valence-corrected chi connectivity index (χ2v) is 21.8. The number of carbonyl (C=O) groups excluding carboxylic acids is 4. The SMILES string of the molecule is O=C(Cc1ccccn1)Nc1nnc(CCCCCCc2nnc(NC(=O)Cc3cc(-c4cccc(CC(=O)Nc5nnc(CCS(=O)CCc6nnc(NC(=O)Cc7ccccn7)s6)s5)n4)ccn3)s2)s1. The molecule has 0 aromatic carbocycles. The number of unbranched alkanes of at least 4 members (excludes halogenated alkanes) is 3. The number of anilines is 4. The van der Waals surface area contributed by atoms with Crippen molar-refractivity contribution in [1.82, 2.24) is 60.7 Å². The molecule has 8 rings (SSSR count). The van der Waals surface area contributed by atoms with Crippen molar-refractivity contribution in [2.24, 2.45) is 0 Å². The third-order valence-electron chi connectivity index (χ3n) is 10.2. The lowest BCUT2D eigenvalue weighted by Gasteiger charge is -2.07. The van der Waals surface area contributed by atoms with Crippen molar-refractivity contribution in [3.05, 3.63) is 128 Å². The molecule has 26 heteroatoms. The Morgan fingerprint density at radius 2 is 0.847 bits per heavy atom. The minimum absolute atomic E-state index is 0.0118. The monoisotopic (exact) mass is 1060 g/mol. The van der Waals surface area contributed by atoms with Crippen molar-refractivity contribution in [1.29, 1.82) is 0 Å². The highest BCUT2D eigenvalue weighted by Gasteiger charge is 2.16. The van der Waals surface area contributed by atoms with E-state index in [2.05, 4.69) is 77.0 Å². The summed E-state index contributed by atoms with van der Waals surface area (Å²) in [5.41, 5.74) is 3.77. The Morgan fingerprint density at radius 1 is 0.431 bits per heavy atom. The van der Waals surface area contributed by atoms with Crippen molar-refractivity contribution in [2.75, 3.05) is 32.8 Å². The fourth-order valence-electron chi connectivity index (χ4n) is 6.82. The maximum atomic E-state index is 13.0. The zero-order valence-corrected chi connectivity index (χ0v) is 42.5. The Bertz CT molecular complexity index is 3100. The van der Waals surface area contributed by atoms with Crippen molar-refractivity contribution < 1.29 is 23.4 Å². The molecule has 0 aliphatic carbocycles. The van der Waals surface area contributed by atoms with E-state index in [4.69, 9.17) is 4.98 Å². The van der Waals surface area contributed by atoms with Crippen LogP contribution < -0.4 is 21.3 Å². The maximum absolute atomic E-state index is 13.0. The van der Waals surface area contributed by atoms with E-state index in [1.807, 2.05) is 30.3 Å². The fourth-order valence-corrected chi connectivity index (χ4v) is 11.2. The van der Waals surface area contributed by atoms with E-state index in [1.54, 1.807) is 55.0 Å². The van der Waals surface area contributed by atoms with E-state index in [0.29, 0.717) is 83.4 Å². The summed E-state index contributed by atoms with van der Waals surface area (Å²) >= 11 is 5.20.